The molecule has 2 N–H and O–H groups in total. The van der Waals surface area contributed by atoms with Crippen LogP contribution >= 0.6 is 0 Å². The lowest BCUT2D eigenvalue weighted by Crippen LogP contribution is -2.42. The molecule has 166 valence electrons. The number of carbonyl (C=O) groups is 2. The number of benzene rings is 4. The average Bonchev–Trinajstić information content (AvgIpc) is 2.82. The van der Waals surface area contributed by atoms with E-state index in [0.717, 1.165) is 16.3 Å². The number of rotatable bonds is 8. The van der Waals surface area contributed by atoms with Crippen molar-refractivity contribution in [3.8, 4) is 5.75 Å². The normalized spacial score (nSPS) is 11.7. The summed E-state index contributed by atoms with van der Waals surface area (Å²) in [7, 11) is 0. The van der Waals surface area contributed by atoms with Gasteiger partial charge in [-0.05, 0) is 58.3 Å². The van der Waals surface area contributed by atoms with Crippen molar-refractivity contribution < 1.29 is 23.8 Å². The van der Waals surface area contributed by atoms with E-state index in [1.54, 1.807) is 24.3 Å². The highest BCUT2D eigenvalue weighted by atomic mass is 19.1. The van der Waals surface area contributed by atoms with Crippen molar-refractivity contribution in [1.82, 2.24) is 5.32 Å². The molecular formula is C27H22FNO4. The highest BCUT2D eigenvalue weighted by molar-refractivity contribution is 6.00. The zero-order valence-electron chi connectivity index (χ0n) is 17.7. The fraction of sp³-hybridized carbons (Fsp3) is 0.111. The summed E-state index contributed by atoms with van der Waals surface area (Å²) in [6, 6.07) is 25.1. The molecule has 0 aliphatic heterocycles. The monoisotopic (exact) mass is 443 g/mol. The van der Waals surface area contributed by atoms with Crippen LogP contribution in [-0.4, -0.2) is 23.0 Å². The van der Waals surface area contributed by atoms with Gasteiger partial charge >= 0.3 is 5.97 Å². The number of halogens is 1. The van der Waals surface area contributed by atoms with Crippen LogP contribution in [0.4, 0.5) is 4.39 Å². The van der Waals surface area contributed by atoms with Gasteiger partial charge < -0.3 is 15.2 Å². The standard InChI is InChI=1S/C27H22FNO4/c28-23-8-4-7-19(13-23)14-25(27(31)32)29-26(30)22-10-9-21-16-24(12-11-20(21)15-22)33-17-18-5-2-1-3-6-18/h1-13,15-16,25H,14,17H2,(H,29,30)(H,31,32). The van der Waals surface area contributed by atoms with Gasteiger partial charge in [-0.1, -0.05) is 54.6 Å². The Bertz CT molecular complexity index is 1290. The Morgan fingerprint density at radius 2 is 1.58 bits per heavy atom. The quantitative estimate of drug-likeness (QED) is 0.403. The number of fused-ring (bicyclic) bond motifs is 1. The molecule has 0 aliphatic carbocycles. The van der Waals surface area contributed by atoms with Gasteiger partial charge in [-0.25, -0.2) is 9.18 Å². The highest BCUT2D eigenvalue weighted by Gasteiger charge is 2.21. The van der Waals surface area contributed by atoms with Crippen molar-refractivity contribution in [2.45, 2.75) is 19.1 Å². The molecule has 0 spiro atoms. The molecule has 1 unspecified atom stereocenters. The number of ether oxygens (including phenoxy) is 1. The Balaban J connectivity index is 1.45. The number of hydrogen-bond donors (Lipinski definition) is 2. The van der Waals surface area contributed by atoms with Gasteiger partial charge in [-0.3, -0.25) is 4.79 Å². The molecule has 1 amide bonds. The van der Waals surface area contributed by atoms with Crippen LogP contribution in [0.3, 0.4) is 0 Å². The number of aliphatic carboxylic acids is 1. The van der Waals surface area contributed by atoms with Crippen LogP contribution in [0.2, 0.25) is 0 Å². The topological polar surface area (TPSA) is 75.6 Å². The molecule has 4 aromatic carbocycles. The molecular weight excluding hydrogens is 421 g/mol. The third-order valence-electron chi connectivity index (χ3n) is 5.25. The maximum Gasteiger partial charge on any atom is 0.326 e. The van der Waals surface area contributed by atoms with Crippen molar-refractivity contribution in [3.63, 3.8) is 0 Å². The van der Waals surface area contributed by atoms with Crippen LogP contribution in [0, 0.1) is 5.82 Å². The third-order valence-corrected chi connectivity index (χ3v) is 5.25. The van der Waals surface area contributed by atoms with Crippen LogP contribution in [0.25, 0.3) is 10.8 Å². The Labute approximate surface area is 190 Å². The fourth-order valence-corrected chi connectivity index (χ4v) is 3.54. The largest absolute Gasteiger partial charge is 0.489 e. The summed E-state index contributed by atoms with van der Waals surface area (Å²) in [5.74, 6) is -1.44. The molecule has 0 saturated heterocycles. The van der Waals surface area contributed by atoms with Gasteiger partial charge in [0.25, 0.3) is 5.91 Å². The lowest BCUT2D eigenvalue weighted by atomic mass is 10.0. The minimum atomic E-state index is -1.19. The first-order valence-electron chi connectivity index (χ1n) is 10.5. The molecule has 0 radical (unpaired) electrons. The SMILES string of the molecule is O=C(NC(Cc1cccc(F)c1)C(=O)O)c1ccc2cc(OCc3ccccc3)ccc2c1. The molecule has 0 bridgehead atoms. The number of amides is 1. The van der Waals surface area contributed by atoms with Gasteiger partial charge in [-0.15, -0.1) is 0 Å². The van der Waals surface area contributed by atoms with Gasteiger partial charge in [-0.2, -0.15) is 0 Å². The summed E-state index contributed by atoms with van der Waals surface area (Å²) >= 11 is 0. The van der Waals surface area contributed by atoms with E-state index in [4.69, 9.17) is 4.74 Å². The van der Waals surface area contributed by atoms with E-state index in [0.29, 0.717) is 23.5 Å². The number of hydrogen-bond acceptors (Lipinski definition) is 3. The van der Waals surface area contributed by atoms with Crippen LogP contribution in [-0.2, 0) is 17.8 Å². The lowest BCUT2D eigenvalue weighted by Gasteiger charge is -2.15. The molecule has 0 aliphatic rings. The van der Waals surface area contributed by atoms with Crippen LogP contribution < -0.4 is 10.1 Å². The number of nitrogens with one attached hydrogen (secondary N) is 1. The first kappa shape index (κ1) is 22.0. The second-order valence-corrected chi connectivity index (χ2v) is 7.70. The van der Waals surface area contributed by atoms with Gasteiger partial charge in [0.05, 0.1) is 0 Å². The van der Waals surface area contributed by atoms with E-state index < -0.39 is 23.7 Å². The highest BCUT2D eigenvalue weighted by Crippen LogP contribution is 2.23. The van der Waals surface area contributed by atoms with Crippen molar-refractivity contribution in [1.29, 1.82) is 0 Å². The molecule has 6 heteroatoms. The first-order chi connectivity index (χ1) is 16.0. The molecule has 33 heavy (non-hydrogen) atoms. The first-order valence-corrected chi connectivity index (χ1v) is 10.5. The lowest BCUT2D eigenvalue weighted by molar-refractivity contribution is -0.139. The van der Waals surface area contributed by atoms with Crippen molar-refractivity contribution >= 4 is 22.6 Å². The average molecular weight is 443 g/mol. The summed E-state index contributed by atoms with van der Waals surface area (Å²) in [5, 5.41) is 13.8. The molecule has 1 atom stereocenters. The van der Waals surface area contributed by atoms with Gasteiger partial charge in [0, 0.05) is 12.0 Å². The maximum atomic E-state index is 13.4. The second-order valence-electron chi connectivity index (χ2n) is 7.70. The summed E-state index contributed by atoms with van der Waals surface area (Å²) in [6.45, 7) is 0.453. The summed E-state index contributed by atoms with van der Waals surface area (Å²) in [5.41, 5.74) is 1.89. The van der Waals surface area contributed by atoms with Gasteiger partial charge in [0.2, 0.25) is 0 Å². The van der Waals surface area contributed by atoms with E-state index in [2.05, 4.69) is 5.32 Å². The number of carboxylic acids is 1. The Kier molecular flexibility index (Phi) is 6.64. The van der Waals surface area contributed by atoms with Crippen LogP contribution in [0.15, 0.2) is 91.0 Å². The van der Waals surface area contributed by atoms with Crippen LogP contribution in [0.1, 0.15) is 21.5 Å². The van der Waals surface area contributed by atoms with Crippen molar-refractivity contribution in [3.05, 3.63) is 114 Å². The molecule has 5 nitrogen and oxygen atoms in total. The van der Waals surface area contributed by atoms with E-state index in [9.17, 15) is 19.1 Å². The van der Waals surface area contributed by atoms with E-state index in [-0.39, 0.29) is 6.42 Å². The summed E-state index contributed by atoms with van der Waals surface area (Å²) in [4.78, 5) is 24.4. The molecule has 0 heterocycles. The maximum absolute atomic E-state index is 13.4. The van der Waals surface area contributed by atoms with Crippen molar-refractivity contribution in [2.24, 2.45) is 0 Å². The minimum Gasteiger partial charge on any atom is -0.489 e. The van der Waals surface area contributed by atoms with E-state index in [1.165, 1.54) is 18.2 Å². The third kappa shape index (κ3) is 5.74. The number of carbonyl (C=O) groups excluding carboxylic acids is 1. The summed E-state index contributed by atoms with van der Waals surface area (Å²) < 4.78 is 19.3. The van der Waals surface area contributed by atoms with E-state index >= 15 is 0 Å². The molecule has 4 aromatic rings. The fourth-order valence-electron chi connectivity index (χ4n) is 3.54. The zero-order valence-corrected chi connectivity index (χ0v) is 17.7. The minimum absolute atomic E-state index is 0.0193. The zero-order chi connectivity index (χ0) is 23.2. The molecule has 0 aromatic heterocycles. The second kappa shape index (κ2) is 9.96. The Morgan fingerprint density at radius 1 is 0.848 bits per heavy atom. The number of carboxylic acid groups (broad SMARTS) is 1. The molecule has 0 saturated carbocycles. The molecule has 4 rings (SSSR count). The van der Waals surface area contributed by atoms with Gasteiger partial charge in [0.1, 0.15) is 24.2 Å². The Hall–Kier alpha value is -4.19. The Morgan fingerprint density at radius 3 is 2.33 bits per heavy atom. The van der Waals surface area contributed by atoms with Gasteiger partial charge in [0.15, 0.2) is 0 Å². The van der Waals surface area contributed by atoms with Crippen LogP contribution in [0.5, 0.6) is 5.75 Å². The van der Waals surface area contributed by atoms with Crippen molar-refractivity contribution in [2.75, 3.05) is 0 Å². The predicted octanol–water partition coefficient (Wildman–Crippen LogP) is 4.98. The van der Waals surface area contributed by atoms with E-state index in [1.807, 2.05) is 48.5 Å². The predicted molar refractivity (Wildman–Crippen MR) is 124 cm³/mol. The molecule has 0 fully saturated rings. The summed E-state index contributed by atoms with van der Waals surface area (Å²) in [6.07, 6.45) is -0.0193. The smallest absolute Gasteiger partial charge is 0.326 e.